The van der Waals surface area contributed by atoms with Gasteiger partial charge in [0.25, 0.3) is 0 Å². The van der Waals surface area contributed by atoms with Crippen molar-refractivity contribution >= 4 is 39.9 Å². The fourth-order valence-electron chi connectivity index (χ4n) is 3.05. The molecule has 0 saturated heterocycles. The lowest BCUT2D eigenvalue weighted by Crippen LogP contribution is -2.12. The van der Waals surface area contributed by atoms with Gasteiger partial charge in [0.1, 0.15) is 6.10 Å². The van der Waals surface area contributed by atoms with Crippen LogP contribution < -0.4 is 5.43 Å². The van der Waals surface area contributed by atoms with E-state index in [1.807, 2.05) is 66.7 Å². The van der Waals surface area contributed by atoms with E-state index >= 15 is 0 Å². The van der Waals surface area contributed by atoms with E-state index < -0.39 is 6.10 Å². The number of hydrogen-bond acceptors (Lipinski definition) is 7. The lowest BCUT2D eigenvalue weighted by atomic mass is 10.1. The number of ketones is 1. The molecule has 1 heterocycles. The summed E-state index contributed by atoms with van der Waals surface area (Å²) in [6.45, 7) is 1.42. The van der Waals surface area contributed by atoms with Gasteiger partial charge in [-0.15, -0.1) is 10.2 Å². The molecule has 0 amide bonds. The molecule has 0 radical (unpaired) electrons. The van der Waals surface area contributed by atoms with Gasteiger partial charge in [0.2, 0.25) is 5.16 Å². The molecule has 0 bridgehead atoms. The van der Waals surface area contributed by atoms with Crippen LogP contribution in [0.1, 0.15) is 24.4 Å². The first-order valence-corrected chi connectivity index (χ1v) is 11.2. The minimum absolute atomic E-state index is 0.167. The summed E-state index contributed by atoms with van der Waals surface area (Å²) in [5.41, 5.74) is 4.84. The Hall–Kier alpha value is -3.46. The number of nitrogens with one attached hydrogen (secondary N) is 1. The number of Topliss-reactive ketones (excluding diaryl/α,β-unsaturated/α-hetero) is 1. The van der Waals surface area contributed by atoms with Crippen molar-refractivity contribution in [3.05, 3.63) is 101 Å². The molecule has 7 nitrogen and oxygen atoms in total. The predicted octanol–water partition coefficient (Wildman–Crippen LogP) is 5.11. The zero-order valence-corrected chi connectivity index (χ0v) is 19.2. The van der Waals surface area contributed by atoms with Crippen molar-refractivity contribution in [2.45, 2.75) is 18.2 Å². The van der Waals surface area contributed by atoms with E-state index in [1.54, 1.807) is 22.8 Å². The first kappa shape index (κ1) is 22.7. The fourth-order valence-corrected chi connectivity index (χ4v) is 4.01. The minimum atomic E-state index is -1.01. The Balaban J connectivity index is 1.72. The highest BCUT2D eigenvalue weighted by Gasteiger charge is 2.24. The van der Waals surface area contributed by atoms with E-state index in [0.717, 1.165) is 17.4 Å². The standard InChI is InChI=1S/C24H20ClN5O2S/c1-16(31)23(28-26-20-15-9-8-14-19(20)25)33-24-29-27-22(21(32)17-10-4-2-5-11-17)30(24)18-12-6-3-7-13-18/h2-15,21,26,32H,1H3/b28-23+. The smallest absolute Gasteiger partial charge is 0.202 e. The molecule has 33 heavy (non-hydrogen) atoms. The topological polar surface area (TPSA) is 92.4 Å². The second-order valence-electron chi connectivity index (χ2n) is 6.99. The summed E-state index contributed by atoms with van der Waals surface area (Å²) in [6, 6.07) is 25.7. The van der Waals surface area contributed by atoms with Crippen LogP contribution in [0, 0.1) is 0 Å². The third kappa shape index (κ3) is 5.31. The molecule has 0 aliphatic rings. The zero-order chi connectivity index (χ0) is 23.2. The normalized spacial score (nSPS) is 12.4. The van der Waals surface area contributed by atoms with Gasteiger partial charge in [0.05, 0.1) is 10.7 Å². The summed E-state index contributed by atoms with van der Waals surface area (Å²) in [7, 11) is 0. The van der Waals surface area contributed by atoms with Crippen molar-refractivity contribution in [2.24, 2.45) is 5.10 Å². The van der Waals surface area contributed by atoms with E-state index in [2.05, 4.69) is 20.7 Å². The number of rotatable bonds is 7. The molecule has 0 aliphatic carbocycles. The zero-order valence-electron chi connectivity index (χ0n) is 17.6. The fraction of sp³-hybridized carbons (Fsp3) is 0.0833. The van der Waals surface area contributed by atoms with Gasteiger partial charge in [-0.2, -0.15) is 5.10 Å². The molecule has 9 heteroatoms. The highest BCUT2D eigenvalue weighted by Crippen LogP contribution is 2.29. The van der Waals surface area contributed by atoms with Gasteiger partial charge in [0, 0.05) is 12.6 Å². The van der Waals surface area contributed by atoms with Crippen LogP contribution in [0.4, 0.5) is 5.69 Å². The number of hydrogen-bond donors (Lipinski definition) is 2. The van der Waals surface area contributed by atoms with Crippen LogP contribution in [-0.2, 0) is 4.79 Å². The first-order valence-electron chi connectivity index (χ1n) is 10.1. The third-order valence-electron chi connectivity index (χ3n) is 4.67. The molecule has 3 aromatic carbocycles. The maximum absolute atomic E-state index is 12.3. The largest absolute Gasteiger partial charge is 0.380 e. The van der Waals surface area contributed by atoms with Gasteiger partial charge in [-0.3, -0.25) is 14.8 Å². The summed E-state index contributed by atoms with van der Waals surface area (Å²) in [6.07, 6.45) is -1.01. The minimum Gasteiger partial charge on any atom is -0.380 e. The Kier molecular flexibility index (Phi) is 7.19. The average molecular weight is 478 g/mol. The van der Waals surface area contributed by atoms with Crippen LogP contribution in [0.2, 0.25) is 5.02 Å². The van der Waals surface area contributed by atoms with Gasteiger partial charge in [-0.25, -0.2) is 0 Å². The van der Waals surface area contributed by atoms with Crippen LogP contribution in [0.25, 0.3) is 5.69 Å². The molecule has 166 valence electrons. The number of hydrazone groups is 1. The molecule has 2 N–H and O–H groups in total. The van der Waals surface area contributed by atoms with Crippen molar-refractivity contribution in [3.63, 3.8) is 0 Å². The number of aromatic nitrogens is 3. The molecule has 0 saturated carbocycles. The molecule has 0 spiro atoms. The molecule has 1 unspecified atom stereocenters. The van der Waals surface area contributed by atoms with Crippen molar-refractivity contribution in [1.29, 1.82) is 0 Å². The van der Waals surface area contributed by atoms with Crippen LogP contribution >= 0.6 is 23.4 Å². The van der Waals surface area contributed by atoms with E-state index in [9.17, 15) is 9.90 Å². The molecule has 1 aromatic heterocycles. The van der Waals surface area contributed by atoms with E-state index in [4.69, 9.17) is 11.6 Å². The number of anilines is 1. The van der Waals surface area contributed by atoms with Gasteiger partial charge >= 0.3 is 0 Å². The van der Waals surface area contributed by atoms with Crippen LogP contribution in [-0.4, -0.2) is 30.7 Å². The summed E-state index contributed by atoms with van der Waals surface area (Å²) < 4.78 is 1.72. The van der Waals surface area contributed by atoms with Crippen molar-refractivity contribution in [1.82, 2.24) is 14.8 Å². The Morgan fingerprint density at radius 3 is 2.30 bits per heavy atom. The second-order valence-corrected chi connectivity index (χ2v) is 8.35. The predicted molar refractivity (Wildman–Crippen MR) is 131 cm³/mol. The van der Waals surface area contributed by atoms with Crippen molar-refractivity contribution in [2.75, 3.05) is 5.43 Å². The highest BCUT2D eigenvalue weighted by molar-refractivity contribution is 8.15. The number of carbonyl (C=O) groups excluding carboxylic acids is 1. The lowest BCUT2D eigenvalue weighted by Gasteiger charge is -2.14. The number of carbonyl (C=O) groups is 1. The molecule has 4 rings (SSSR count). The Labute approximate surface area is 200 Å². The first-order chi connectivity index (χ1) is 16.0. The molecule has 0 fully saturated rings. The van der Waals surface area contributed by atoms with E-state index in [-0.39, 0.29) is 10.8 Å². The molecular weight excluding hydrogens is 458 g/mol. The van der Waals surface area contributed by atoms with Crippen molar-refractivity contribution < 1.29 is 9.90 Å². The molecule has 4 aromatic rings. The number of nitrogens with zero attached hydrogens (tertiary/aromatic N) is 4. The summed E-state index contributed by atoms with van der Waals surface area (Å²) in [4.78, 5) is 12.3. The lowest BCUT2D eigenvalue weighted by molar-refractivity contribution is -0.110. The van der Waals surface area contributed by atoms with Crippen molar-refractivity contribution in [3.8, 4) is 5.69 Å². The van der Waals surface area contributed by atoms with Gasteiger partial charge in [-0.05, 0) is 41.6 Å². The summed E-state index contributed by atoms with van der Waals surface area (Å²) >= 11 is 7.22. The Bertz CT molecular complexity index is 1280. The summed E-state index contributed by atoms with van der Waals surface area (Å²) in [5.74, 6) is 0.0733. The number of para-hydroxylation sites is 2. The number of aliphatic hydroxyl groups is 1. The van der Waals surface area contributed by atoms with Gasteiger partial charge < -0.3 is 5.11 Å². The SMILES string of the molecule is CC(=O)/C(=N\Nc1ccccc1Cl)Sc1nnc(C(O)c2ccccc2)n1-c1ccccc1. The Morgan fingerprint density at radius 1 is 1.00 bits per heavy atom. The highest BCUT2D eigenvalue weighted by atomic mass is 35.5. The number of halogens is 1. The van der Waals surface area contributed by atoms with Gasteiger partial charge in [-0.1, -0.05) is 72.3 Å². The quantitative estimate of drug-likeness (QED) is 0.166. The molecule has 0 aliphatic heterocycles. The summed E-state index contributed by atoms with van der Waals surface area (Å²) in [5, 5.41) is 24.8. The average Bonchev–Trinajstić information content (AvgIpc) is 3.26. The van der Waals surface area contributed by atoms with Crippen LogP contribution in [0.15, 0.2) is 95.2 Å². The Morgan fingerprint density at radius 2 is 1.64 bits per heavy atom. The van der Waals surface area contributed by atoms with E-state index in [1.165, 1.54) is 6.92 Å². The van der Waals surface area contributed by atoms with Crippen LogP contribution in [0.3, 0.4) is 0 Å². The molecular formula is C24H20ClN5O2S. The van der Waals surface area contributed by atoms with E-state index in [0.29, 0.717) is 27.3 Å². The number of thioether (sulfide) groups is 1. The maximum atomic E-state index is 12.3. The number of benzene rings is 3. The maximum Gasteiger partial charge on any atom is 0.202 e. The van der Waals surface area contributed by atoms with Gasteiger partial charge in [0.15, 0.2) is 16.7 Å². The second kappa shape index (κ2) is 10.4. The third-order valence-corrected chi connectivity index (χ3v) is 6.02. The molecule has 1 atom stereocenters. The monoisotopic (exact) mass is 477 g/mol. The van der Waals surface area contributed by atoms with Crippen LogP contribution in [0.5, 0.6) is 0 Å². The number of aliphatic hydroxyl groups excluding tert-OH is 1.